The summed E-state index contributed by atoms with van der Waals surface area (Å²) in [5, 5.41) is 17.9. The number of nitrogens with two attached hydrogens (primary N) is 1. The van der Waals surface area contributed by atoms with Crippen LogP contribution in [-0.4, -0.2) is 36.2 Å². The molecule has 2 unspecified atom stereocenters. The van der Waals surface area contributed by atoms with Gasteiger partial charge >= 0.3 is 0 Å². The van der Waals surface area contributed by atoms with Gasteiger partial charge in [0.25, 0.3) is 0 Å². The Morgan fingerprint density at radius 1 is 1.48 bits per heavy atom. The van der Waals surface area contributed by atoms with Crippen LogP contribution in [0, 0.1) is 0 Å². The van der Waals surface area contributed by atoms with Crippen molar-refractivity contribution in [1.82, 2.24) is 29.6 Å². The molecular weight excluding hydrogens is 290 g/mol. The summed E-state index contributed by atoms with van der Waals surface area (Å²) in [7, 11) is 1.87. The molecule has 8 nitrogen and oxygen atoms in total. The Labute approximate surface area is 124 Å². The van der Waals surface area contributed by atoms with Crippen LogP contribution in [0.4, 0.5) is 0 Å². The maximum absolute atomic E-state index is 6.26. The second kappa shape index (κ2) is 4.86. The minimum atomic E-state index is -0.303. The van der Waals surface area contributed by atoms with Gasteiger partial charge in [0.15, 0.2) is 5.82 Å². The average molecular weight is 305 g/mol. The van der Waals surface area contributed by atoms with Crippen molar-refractivity contribution < 1.29 is 4.74 Å². The predicted octanol–water partition coefficient (Wildman–Crippen LogP) is 0.819. The van der Waals surface area contributed by atoms with Crippen LogP contribution in [-0.2, 0) is 11.8 Å². The van der Waals surface area contributed by atoms with Gasteiger partial charge in [-0.2, -0.15) is 14.7 Å². The van der Waals surface area contributed by atoms with Crippen LogP contribution < -0.4 is 5.73 Å². The molecule has 9 heteroatoms. The summed E-state index contributed by atoms with van der Waals surface area (Å²) < 4.78 is 9.15. The first-order valence-electron chi connectivity index (χ1n) is 6.80. The number of hydrogen-bond donors (Lipinski definition) is 1. The van der Waals surface area contributed by atoms with Crippen molar-refractivity contribution in [2.24, 2.45) is 12.8 Å². The maximum Gasteiger partial charge on any atom is 0.234 e. The second-order valence-electron chi connectivity index (χ2n) is 5.12. The van der Waals surface area contributed by atoms with Gasteiger partial charge in [-0.05, 0) is 12.8 Å². The van der Waals surface area contributed by atoms with Crippen LogP contribution in [0.25, 0.3) is 4.96 Å². The fourth-order valence-electron chi connectivity index (χ4n) is 2.50. The minimum absolute atomic E-state index is 0.00966. The average Bonchev–Trinajstić information content (AvgIpc) is 3.21. The Hall–Kier alpha value is -1.84. The van der Waals surface area contributed by atoms with Crippen LogP contribution >= 0.6 is 11.3 Å². The highest BCUT2D eigenvalue weighted by Crippen LogP contribution is 2.30. The largest absolute Gasteiger partial charge is 0.370 e. The number of ether oxygens (including phenoxy) is 1. The molecule has 1 aliphatic heterocycles. The van der Waals surface area contributed by atoms with Crippen molar-refractivity contribution in [3.8, 4) is 0 Å². The first-order valence-corrected chi connectivity index (χ1v) is 7.62. The van der Waals surface area contributed by atoms with Gasteiger partial charge < -0.3 is 10.5 Å². The van der Waals surface area contributed by atoms with E-state index in [1.54, 1.807) is 15.4 Å². The molecule has 0 spiro atoms. The Kier molecular flexibility index (Phi) is 2.98. The Bertz CT molecular complexity index is 770. The molecule has 0 saturated carbocycles. The molecule has 4 heterocycles. The monoisotopic (exact) mass is 305 g/mol. The summed E-state index contributed by atoms with van der Waals surface area (Å²) in [6, 6.07) is -0.303. The van der Waals surface area contributed by atoms with E-state index in [0.29, 0.717) is 0 Å². The molecule has 2 N–H and O–H groups in total. The summed E-state index contributed by atoms with van der Waals surface area (Å²) in [5.41, 5.74) is 7.19. The molecule has 21 heavy (non-hydrogen) atoms. The van der Waals surface area contributed by atoms with Gasteiger partial charge in [0.1, 0.15) is 11.1 Å². The number of hydrogen-bond acceptors (Lipinski definition) is 7. The van der Waals surface area contributed by atoms with Gasteiger partial charge in [-0.1, -0.05) is 11.3 Å². The third kappa shape index (κ3) is 2.13. The first kappa shape index (κ1) is 12.9. The van der Waals surface area contributed by atoms with E-state index >= 15 is 0 Å². The van der Waals surface area contributed by atoms with E-state index in [0.717, 1.165) is 40.8 Å². The number of aromatic nitrogens is 6. The van der Waals surface area contributed by atoms with Crippen molar-refractivity contribution >= 4 is 16.3 Å². The lowest BCUT2D eigenvalue weighted by Crippen LogP contribution is -2.12. The zero-order valence-electron chi connectivity index (χ0n) is 11.5. The fraction of sp³-hybridized carbons (Fsp3) is 0.500. The highest BCUT2D eigenvalue weighted by Gasteiger charge is 2.26. The molecule has 1 fully saturated rings. The molecule has 2 atom stereocenters. The quantitative estimate of drug-likeness (QED) is 0.769. The lowest BCUT2D eigenvalue weighted by atomic mass is 10.2. The van der Waals surface area contributed by atoms with Gasteiger partial charge in [-0.3, -0.25) is 4.68 Å². The SMILES string of the molecule is Cn1cc(C(N)c2nn3c(C4CCCO4)nnc3s2)cn1. The van der Waals surface area contributed by atoms with Crippen molar-refractivity contribution in [3.05, 3.63) is 28.8 Å². The normalized spacial score (nSPS) is 20.4. The zero-order chi connectivity index (χ0) is 14.4. The Morgan fingerprint density at radius 2 is 2.38 bits per heavy atom. The first-order chi connectivity index (χ1) is 10.2. The van der Waals surface area contributed by atoms with E-state index in [1.165, 1.54) is 11.3 Å². The zero-order valence-corrected chi connectivity index (χ0v) is 12.3. The smallest absolute Gasteiger partial charge is 0.234 e. The van der Waals surface area contributed by atoms with Crippen LogP contribution in [0.5, 0.6) is 0 Å². The summed E-state index contributed by atoms with van der Waals surface area (Å²) in [6.07, 6.45) is 5.65. The number of nitrogens with zero attached hydrogens (tertiary/aromatic N) is 6. The molecule has 0 amide bonds. The highest BCUT2D eigenvalue weighted by molar-refractivity contribution is 7.16. The number of rotatable bonds is 3. The molecule has 1 aliphatic rings. The molecule has 0 bridgehead atoms. The van der Waals surface area contributed by atoms with E-state index in [-0.39, 0.29) is 12.1 Å². The van der Waals surface area contributed by atoms with Crippen molar-refractivity contribution in [3.63, 3.8) is 0 Å². The summed E-state index contributed by atoms with van der Waals surface area (Å²) >= 11 is 1.45. The van der Waals surface area contributed by atoms with Gasteiger partial charge in [0, 0.05) is 25.4 Å². The van der Waals surface area contributed by atoms with Crippen LogP contribution in [0.1, 0.15) is 41.4 Å². The number of aryl methyl sites for hydroxylation is 1. The summed E-state index contributed by atoms with van der Waals surface area (Å²) in [4.78, 5) is 0.745. The van der Waals surface area contributed by atoms with E-state index in [9.17, 15) is 0 Å². The molecule has 110 valence electrons. The van der Waals surface area contributed by atoms with Crippen LogP contribution in [0.2, 0.25) is 0 Å². The molecule has 0 aliphatic carbocycles. The fourth-order valence-corrected chi connectivity index (χ4v) is 3.37. The van der Waals surface area contributed by atoms with E-state index in [4.69, 9.17) is 10.5 Å². The lowest BCUT2D eigenvalue weighted by molar-refractivity contribution is 0.103. The molecule has 0 aromatic carbocycles. The standard InChI is InChI=1S/C12H15N7OS/c1-18-6-7(5-14-18)9(13)11-17-19-10(8-3-2-4-20-8)15-16-12(19)21-11/h5-6,8-9H,2-4,13H2,1H3. The molecular formula is C12H15N7OS. The van der Waals surface area contributed by atoms with Crippen LogP contribution in [0.15, 0.2) is 12.4 Å². The molecule has 0 radical (unpaired) electrons. The third-order valence-electron chi connectivity index (χ3n) is 3.60. The number of fused-ring (bicyclic) bond motifs is 1. The molecule has 3 aromatic heterocycles. The van der Waals surface area contributed by atoms with E-state index in [1.807, 2.05) is 13.2 Å². The van der Waals surface area contributed by atoms with Gasteiger partial charge in [0.05, 0.1) is 12.2 Å². The second-order valence-corrected chi connectivity index (χ2v) is 6.11. The van der Waals surface area contributed by atoms with Crippen molar-refractivity contribution in [2.75, 3.05) is 6.61 Å². The Morgan fingerprint density at radius 3 is 3.10 bits per heavy atom. The molecule has 3 aromatic rings. The highest BCUT2D eigenvalue weighted by atomic mass is 32.1. The third-order valence-corrected chi connectivity index (χ3v) is 4.58. The summed E-state index contributed by atoms with van der Waals surface area (Å²) in [5.74, 6) is 0.767. The summed E-state index contributed by atoms with van der Waals surface area (Å²) in [6.45, 7) is 0.770. The molecule has 1 saturated heterocycles. The topological polar surface area (TPSA) is 96.2 Å². The predicted molar refractivity (Wildman–Crippen MR) is 75.8 cm³/mol. The van der Waals surface area contributed by atoms with Gasteiger partial charge in [0.2, 0.25) is 4.96 Å². The van der Waals surface area contributed by atoms with Gasteiger partial charge in [-0.25, -0.2) is 0 Å². The Balaban J connectivity index is 1.70. The minimum Gasteiger partial charge on any atom is -0.370 e. The van der Waals surface area contributed by atoms with Gasteiger partial charge in [-0.15, -0.1) is 10.2 Å². The van der Waals surface area contributed by atoms with Crippen molar-refractivity contribution in [2.45, 2.75) is 25.0 Å². The van der Waals surface area contributed by atoms with E-state index in [2.05, 4.69) is 20.4 Å². The van der Waals surface area contributed by atoms with Crippen molar-refractivity contribution in [1.29, 1.82) is 0 Å². The van der Waals surface area contributed by atoms with Crippen LogP contribution in [0.3, 0.4) is 0 Å². The maximum atomic E-state index is 6.26. The van der Waals surface area contributed by atoms with E-state index < -0.39 is 0 Å². The lowest BCUT2D eigenvalue weighted by Gasteiger charge is -2.05. The molecule has 4 rings (SSSR count).